The van der Waals surface area contributed by atoms with Crippen molar-refractivity contribution in [3.63, 3.8) is 0 Å². The maximum atomic E-state index is 13.0. The van der Waals surface area contributed by atoms with E-state index in [0.717, 1.165) is 28.5 Å². The van der Waals surface area contributed by atoms with Crippen LogP contribution in [0, 0.1) is 5.92 Å². The maximum Gasteiger partial charge on any atom is 0.173 e. The number of thiophene rings is 1. The van der Waals surface area contributed by atoms with Crippen molar-refractivity contribution in [2.45, 2.75) is 51.0 Å². The highest BCUT2D eigenvalue weighted by Crippen LogP contribution is 2.41. The fourth-order valence-corrected chi connectivity index (χ4v) is 6.53. The molecule has 31 heavy (non-hydrogen) atoms. The Balaban J connectivity index is 1.44. The van der Waals surface area contributed by atoms with E-state index < -0.39 is 0 Å². The first-order chi connectivity index (χ1) is 15.0. The molecule has 3 aromatic rings. The third-order valence-corrected chi connectivity index (χ3v) is 7.98. The molecular weight excluding hydrogens is 428 g/mol. The van der Waals surface area contributed by atoms with Gasteiger partial charge in [-0.25, -0.2) is 9.97 Å². The van der Waals surface area contributed by atoms with Crippen molar-refractivity contribution in [3.8, 4) is 11.5 Å². The second kappa shape index (κ2) is 8.43. The standard InChI is InChI=1S/C24H26N2O3S2/c1-13(2)22-25-23(21-16-6-4-14(3)10-20(16)31-24(21)26-22)30-12-17(27)15-5-7-18-19(11-15)29-9-8-28-18/h5,7,11,13-14H,4,6,8-10,12H2,1-3H3/t14-/m1/s1. The van der Waals surface area contributed by atoms with Crippen LogP contribution in [0.3, 0.4) is 0 Å². The summed E-state index contributed by atoms with van der Waals surface area (Å²) < 4.78 is 11.2. The number of Topliss-reactive ketones (excluding diaryl/α,β-unsaturated/α-hetero) is 1. The van der Waals surface area contributed by atoms with Gasteiger partial charge in [0.1, 0.15) is 28.9 Å². The molecule has 3 heterocycles. The minimum absolute atomic E-state index is 0.0672. The van der Waals surface area contributed by atoms with Crippen LogP contribution in [0.1, 0.15) is 59.7 Å². The number of aryl methyl sites for hydroxylation is 1. The number of carbonyl (C=O) groups excluding carboxylic acids is 1. The van der Waals surface area contributed by atoms with Gasteiger partial charge in [0.15, 0.2) is 17.3 Å². The molecule has 1 aromatic carbocycles. The molecule has 1 aliphatic heterocycles. The molecule has 7 heteroatoms. The predicted molar refractivity (Wildman–Crippen MR) is 125 cm³/mol. The van der Waals surface area contributed by atoms with Crippen LogP contribution in [0.15, 0.2) is 23.2 Å². The van der Waals surface area contributed by atoms with Crippen molar-refractivity contribution in [2.75, 3.05) is 19.0 Å². The Labute approximate surface area is 190 Å². The average Bonchev–Trinajstić information content (AvgIpc) is 3.14. The van der Waals surface area contributed by atoms with E-state index in [-0.39, 0.29) is 11.7 Å². The SMILES string of the molecule is CC(C)c1nc(SCC(=O)c2ccc3c(c2)OCCO3)c2c3c(sc2n1)C[C@H](C)CC3. The van der Waals surface area contributed by atoms with Crippen LogP contribution in [0.2, 0.25) is 0 Å². The minimum atomic E-state index is 0.0672. The summed E-state index contributed by atoms with van der Waals surface area (Å²) in [6, 6.07) is 5.43. The quantitative estimate of drug-likeness (QED) is 0.281. The van der Waals surface area contributed by atoms with Gasteiger partial charge >= 0.3 is 0 Å². The number of nitrogens with zero attached hydrogens (tertiary/aromatic N) is 2. The largest absolute Gasteiger partial charge is 0.486 e. The predicted octanol–water partition coefficient (Wildman–Crippen LogP) is 5.69. The zero-order chi connectivity index (χ0) is 21.5. The van der Waals surface area contributed by atoms with Crippen molar-refractivity contribution >= 4 is 39.1 Å². The van der Waals surface area contributed by atoms with E-state index >= 15 is 0 Å². The van der Waals surface area contributed by atoms with Gasteiger partial charge in [-0.05, 0) is 48.9 Å². The Morgan fingerprint density at radius 2 is 2.03 bits per heavy atom. The lowest BCUT2D eigenvalue weighted by Gasteiger charge is -2.19. The fraction of sp³-hybridized carbons (Fsp3) is 0.458. The summed E-state index contributed by atoms with van der Waals surface area (Å²) in [5.41, 5.74) is 2.05. The van der Waals surface area contributed by atoms with Crippen LogP contribution in [0.4, 0.5) is 0 Å². The molecule has 0 radical (unpaired) electrons. The summed E-state index contributed by atoms with van der Waals surface area (Å²) in [6.07, 6.45) is 3.39. The van der Waals surface area contributed by atoms with Gasteiger partial charge in [-0.3, -0.25) is 4.79 Å². The van der Waals surface area contributed by atoms with Crippen LogP contribution in [0.25, 0.3) is 10.2 Å². The highest BCUT2D eigenvalue weighted by atomic mass is 32.2. The molecular formula is C24H26N2O3S2. The summed E-state index contributed by atoms with van der Waals surface area (Å²) >= 11 is 3.35. The first-order valence-corrected chi connectivity index (χ1v) is 12.7. The second-order valence-electron chi connectivity index (χ2n) is 8.64. The van der Waals surface area contributed by atoms with E-state index in [2.05, 4.69) is 20.8 Å². The van der Waals surface area contributed by atoms with E-state index in [4.69, 9.17) is 19.4 Å². The summed E-state index contributed by atoms with van der Waals surface area (Å²) in [7, 11) is 0. The van der Waals surface area contributed by atoms with Gasteiger partial charge in [-0.15, -0.1) is 11.3 Å². The van der Waals surface area contributed by atoms with Crippen molar-refractivity contribution in [3.05, 3.63) is 40.0 Å². The highest BCUT2D eigenvalue weighted by Gasteiger charge is 2.25. The Morgan fingerprint density at radius 3 is 2.84 bits per heavy atom. The van der Waals surface area contributed by atoms with E-state index in [0.29, 0.717) is 41.9 Å². The van der Waals surface area contributed by atoms with Crippen LogP contribution in [-0.2, 0) is 12.8 Å². The number of benzene rings is 1. The number of carbonyl (C=O) groups is 1. The lowest BCUT2D eigenvalue weighted by molar-refractivity contribution is 0.102. The summed E-state index contributed by atoms with van der Waals surface area (Å²) in [4.78, 5) is 25.3. The van der Waals surface area contributed by atoms with E-state index in [1.165, 1.54) is 34.0 Å². The highest BCUT2D eigenvalue weighted by molar-refractivity contribution is 8.00. The Hall–Kier alpha value is -2.12. The van der Waals surface area contributed by atoms with Crippen molar-refractivity contribution in [1.82, 2.24) is 9.97 Å². The fourth-order valence-electron chi connectivity index (χ4n) is 4.12. The molecule has 2 aromatic heterocycles. The molecule has 0 N–H and O–H groups in total. The summed E-state index contributed by atoms with van der Waals surface area (Å²) in [6.45, 7) is 7.61. The molecule has 0 saturated heterocycles. The maximum absolute atomic E-state index is 13.0. The molecule has 1 atom stereocenters. The molecule has 2 aliphatic rings. The second-order valence-corrected chi connectivity index (χ2v) is 10.7. The normalized spacial score (nSPS) is 17.7. The van der Waals surface area contributed by atoms with Gasteiger partial charge in [0.05, 0.1) is 5.75 Å². The number of hydrogen-bond donors (Lipinski definition) is 0. The van der Waals surface area contributed by atoms with E-state index in [1.807, 2.05) is 23.5 Å². The number of fused-ring (bicyclic) bond motifs is 4. The Bertz CT molecular complexity index is 1160. The molecule has 0 fully saturated rings. The number of aromatic nitrogens is 2. The van der Waals surface area contributed by atoms with Crippen molar-refractivity contribution in [2.24, 2.45) is 5.92 Å². The number of rotatable bonds is 5. The van der Waals surface area contributed by atoms with Crippen LogP contribution in [-0.4, -0.2) is 34.7 Å². The molecule has 0 amide bonds. The smallest absolute Gasteiger partial charge is 0.173 e. The molecule has 0 unspecified atom stereocenters. The topological polar surface area (TPSA) is 61.3 Å². The zero-order valence-corrected chi connectivity index (χ0v) is 19.7. The molecule has 5 nitrogen and oxygen atoms in total. The van der Waals surface area contributed by atoms with Gasteiger partial charge in [0, 0.05) is 21.7 Å². The van der Waals surface area contributed by atoms with Crippen LogP contribution in [0.5, 0.6) is 11.5 Å². The summed E-state index contributed by atoms with van der Waals surface area (Å²) in [5.74, 6) is 3.57. The number of thioether (sulfide) groups is 1. The summed E-state index contributed by atoms with van der Waals surface area (Å²) in [5, 5.41) is 2.13. The van der Waals surface area contributed by atoms with E-state index in [9.17, 15) is 4.79 Å². The lowest BCUT2D eigenvalue weighted by atomic mass is 9.89. The number of ether oxygens (including phenoxy) is 2. The van der Waals surface area contributed by atoms with Gasteiger partial charge < -0.3 is 9.47 Å². The van der Waals surface area contributed by atoms with Crippen molar-refractivity contribution < 1.29 is 14.3 Å². The first-order valence-electron chi connectivity index (χ1n) is 10.9. The zero-order valence-electron chi connectivity index (χ0n) is 18.1. The van der Waals surface area contributed by atoms with Crippen molar-refractivity contribution in [1.29, 1.82) is 0 Å². The molecule has 162 valence electrons. The Morgan fingerprint density at radius 1 is 1.23 bits per heavy atom. The monoisotopic (exact) mass is 454 g/mol. The van der Waals surface area contributed by atoms with Crippen LogP contribution >= 0.6 is 23.1 Å². The van der Waals surface area contributed by atoms with E-state index in [1.54, 1.807) is 6.07 Å². The average molecular weight is 455 g/mol. The molecule has 0 bridgehead atoms. The third-order valence-electron chi connectivity index (χ3n) is 5.86. The molecule has 0 spiro atoms. The minimum Gasteiger partial charge on any atom is -0.486 e. The first kappa shape index (κ1) is 20.8. The molecule has 0 saturated carbocycles. The number of hydrogen-bond acceptors (Lipinski definition) is 7. The Kier molecular flexibility index (Phi) is 5.65. The van der Waals surface area contributed by atoms with Gasteiger partial charge in [0.2, 0.25) is 0 Å². The van der Waals surface area contributed by atoms with Gasteiger partial charge in [-0.2, -0.15) is 0 Å². The third kappa shape index (κ3) is 4.05. The molecule has 5 rings (SSSR count). The van der Waals surface area contributed by atoms with Gasteiger partial charge in [0.25, 0.3) is 0 Å². The lowest BCUT2D eigenvalue weighted by Crippen LogP contribution is -2.16. The van der Waals surface area contributed by atoms with Gasteiger partial charge in [-0.1, -0.05) is 32.5 Å². The van der Waals surface area contributed by atoms with Crippen LogP contribution < -0.4 is 9.47 Å². The number of ketones is 1. The molecule has 1 aliphatic carbocycles.